The maximum atomic E-state index is 5.54. The fraction of sp³-hybridized carbons (Fsp3) is 0.700. The molecule has 72 valence electrons. The van der Waals surface area contributed by atoms with Gasteiger partial charge in [-0.3, -0.25) is 4.68 Å². The first kappa shape index (κ1) is 8.60. The van der Waals surface area contributed by atoms with E-state index in [0.717, 1.165) is 12.5 Å². The number of rotatable bonds is 2. The van der Waals surface area contributed by atoms with E-state index in [1.54, 1.807) is 0 Å². The van der Waals surface area contributed by atoms with E-state index in [4.69, 9.17) is 5.73 Å². The highest BCUT2D eigenvalue weighted by atomic mass is 15.3. The molecule has 3 nitrogen and oxygen atoms in total. The van der Waals surface area contributed by atoms with E-state index >= 15 is 0 Å². The van der Waals surface area contributed by atoms with Crippen LogP contribution in [0.4, 0.5) is 5.82 Å². The summed E-state index contributed by atoms with van der Waals surface area (Å²) in [5.41, 5.74) is 6.09. The summed E-state index contributed by atoms with van der Waals surface area (Å²) < 4.78 is 1.95. The van der Waals surface area contributed by atoms with Crippen molar-refractivity contribution in [3.05, 3.63) is 12.3 Å². The number of hydrogen-bond acceptors (Lipinski definition) is 2. The van der Waals surface area contributed by atoms with E-state index in [2.05, 4.69) is 18.9 Å². The van der Waals surface area contributed by atoms with Gasteiger partial charge in [0.25, 0.3) is 0 Å². The molecule has 0 unspecified atom stereocenters. The van der Waals surface area contributed by atoms with Gasteiger partial charge in [0, 0.05) is 12.7 Å². The largest absolute Gasteiger partial charge is 0.382 e. The lowest BCUT2D eigenvalue weighted by atomic mass is 9.64. The van der Waals surface area contributed by atoms with E-state index < -0.39 is 0 Å². The molecule has 0 saturated heterocycles. The Morgan fingerprint density at radius 2 is 2.31 bits per heavy atom. The number of hydrogen-bond donors (Lipinski definition) is 1. The summed E-state index contributed by atoms with van der Waals surface area (Å²) in [6, 6.07) is 1.85. The van der Waals surface area contributed by atoms with Gasteiger partial charge in [0.15, 0.2) is 0 Å². The quantitative estimate of drug-likeness (QED) is 0.753. The second-order valence-electron chi connectivity index (χ2n) is 4.90. The van der Waals surface area contributed by atoms with Gasteiger partial charge >= 0.3 is 0 Å². The summed E-state index contributed by atoms with van der Waals surface area (Å²) in [7, 11) is 0. The first-order valence-corrected chi connectivity index (χ1v) is 4.84. The zero-order chi connectivity index (χ0) is 9.47. The molecule has 13 heavy (non-hydrogen) atoms. The van der Waals surface area contributed by atoms with Crippen LogP contribution >= 0.6 is 0 Å². The van der Waals surface area contributed by atoms with E-state index in [1.807, 2.05) is 16.9 Å². The van der Waals surface area contributed by atoms with Crippen LogP contribution in [0.3, 0.4) is 0 Å². The fourth-order valence-corrected chi connectivity index (χ4v) is 2.38. The molecule has 1 aliphatic carbocycles. The van der Waals surface area contributed by atoms with Crippen molar-refractivity contribution in [2.24, 2.45) is 11.3 Å². The lowest BCUT2D eigenvalue weighted by molar-refractivity contribution is 0.0801. The lowest BCUT2D eigenvalue weighted by Crippen LogP contribution is -2.34. The van der Waals surface area contributed by atoms with Crippen molar-refractivity contribution in [1.29, 1.82) is 0 Å². The Morgan fingerprint density at radius 1 is 1.62 bits per heavy atom. The molecule has 1 aromatic rings. The standard InChI is InChI=1S/C10H17N3/c1-10(2)5-8(6-10)7-13-4-3-9(11)12-13/h3-4,8H,5-7H2,1-2H3,(H2,11,12). The van der Waals surface area contributed by atoms with Crippen molar-refractivity contribution < 1.29 is 0 Å². The van der Waals surface area contributed by atoms with Crippen LogP contribution in [0.25, 0.3) is 0 Å². The van der Waals surface area contributed by atoms with Gasteiger partial charge in [-0.15, -0.1) is 0 Å². The molecule has 2 rings (SSSR count). The number of aromatic nitrogens is 2. The summed E-state index contributed by atoms with van der Waals surface area (Å²) in [4.78, 5) is 0. The van der Waals surface area contributed by atoms with Gasteiger partial charge in [0.05, 0.1) is 0 Å². The molecule has 3 heteroatoms. The molecule has 1 aliphatic rings. The first-order chi connectivity index (χ1) is 6.05. The minimum absolute atomic E-state index is 0.559. The maximum Gasteiger partial charge on any atom is 0.145 e. The topological polar surface area (TPSA) is 43.8 Å². The molecule has 0 aliphatic heterocycles. The zero-order valence-electron chi connectivity index (χ0n) is 8.33. The van der Waals surface area contributed by atoms with Gasteiger partial charge in [-0.25, -0.2) is 0 Å². The molecule has 0 bridgehead atoms. The lowest BCUT2D eigenvalue weighted by Gasteiger charge is -2.42. The first-order valence-electron chi connectivity index (χ1n) is 4.84. The fourth-order valence-electron chi connectivity index (χ4n) is 2.38. The van der Waals surface area contributed by atoms with Crippen LogP contribution in [0.5, 0.6) is 0 Å². The van der Waals surface area contributed by atoms with Crippen LogP contribution in [0, 0.1) is 11.3 Å². The minimum Gasteiger partial charge on any atom is -0.382 e. The van der Waals surface area contributed by atoms with E-state index in [0.29, 0.717) is 11.2 Å². The third kappa shape index (κ3) is 1.85. The predicted molar refractivity (Wildman–Crippen MR) is 53.1 cm³/mol. The summed E-state index contributed by atoms with van der Waals surface area (Å²) >= 11 is 0. The van der Waals surface area contributed by atoms with Crippen LogP contribution in [-0.2, 0) is 6.54 Å². The van der Waals surface area contributed by atoms with Crippen molar-refractivity contribution in [2.45, 2.75) is 33.2 Å². The molecular weight excluding hydrogens is 162 g/mol. The summed E-state index contributed by atoms with van der Waals surface area (Å²) in [5.74, 6) is 1.42. The molecule has 0 radical (unpaired) electrons. The average molecular weight is 179 g/mol. The van der Waals surface area contributed by atoms with Crippen LogP contribution < -0.4 is 5.73 Å². The van der Waals surface area contributed by atoms with Crippen molar-refractivity contribution in [1.82, 2.24) is 9.78 Å². The molecule has 2 N–H and O–H groups in total. The second-order valence-corrected chi connectivity index (χ2v) is 4.90. The molecular formula is C10H17N3. The molecule has 1 heterocycles. The van der Waals surface area contributed by atoms with Gasteiger partial charge in [-0.05, 0) is 30.2 Å². The van der Waals surface area contributed by atoms with Gasteiger partial charge in [0.1, 0.15) is 5.82 Å². The zero-order valence-corrected chi connectivity index (χ0v) is 8.33. The molecule has 1 saturated carbocycles. The smallest absolute Gasteiger partial charge is 0.145 e. The highest BCUT2D eigenvalue weighted by molar-refractivity contribution is 5.23. The Hall–Kier alpha value is -0.990. The Labute approximate surface area is 78.9 Å². The van der Waals surface area contributed by atoms with Crippen molar-refractivity contribution in [3.8, 4) is 0 Å². The summed E-state index contributed by atoms with van der Waals surface area (Å²) in [5, 5.41) is 4.17. The van der Waals surface area contributed by atoms with E-state index in [-0.39, 0.29) is 0 Å². The van der Waals surface area contributed by atoms with E-state index in [1.165, 1.54) is 12.8 Å². The third-order valence-electron chi connectivity index (χ3n) is 2.79. The Morgan fingerprint density at radius 3 is 2.77 bits per heavy atom. The molecule has 0 spiro atoms. The Bertz CT molecular complexity index is 293. The second kappa shape index (κ2) is 2.76. The average Bonchev–Trinajstić information content (AvgIpc) is 2.31. The number of nitrogens with two attached hydrogens (primary N) is 1. The minimum atomic E-state index is 0.559. The molecule has 1 aromatic heterocycles. The van der Waals surface area contributed by atoms with Crippen LogP contribution in [0.2, 0.25) is 0 Å². The monoisotopic (exact) mass is 179 g/mol. The summed E-state index contributed by atoms with van der Waals surface area (Å²) in [6.45, 7) is 5.67. The van der Waals surface area contributed by atoms with Gasteiger partial charge in [-0.1, -0.05) is 13.8 Å². The van der Waals surface area contributed by atoms with Gasteiger partial charge in [-0.2, -0.15) is 5.10 Å². The van der Waals surface area contributed by atoms with E-state index in [9.17, 15) is 0 Å². The molecule has 1 fully saturated rings. The van der Waals surface area contributed by atoms with Crippen molar-refractivity contribution in [2.75, 3.05) is 5.73 Å². The van der Waals surface area contributed by atoms with Crippen LogP contribution in [0.15, 0.2) is 12.3 Å². The van der Waals surface area contributed by atoms with Gasteiger partial charge < -0.3 is 5.73 Å². The van der Waals surface area contributed by atoms with Crippen molar-refractivity contribution >= 4 is 5.82 Å². The predicted octanol–water partition coefficient (Wildman–Crippen LogP) is 1.90. The highest BCUT2D eigenvalue weighted by Crippen LogP contribution is 2.45. The molecule has 0 atom stereocenters. The number of anilines is 1. The molecule has 0 amide bonds. The Kier molecular flexibility index (Phi) is 1.82. The SMILES string of the molecule is CC1(C)CC(Cn2ccc(N)n2)C1. The van der Waals surface area contributed by atoms with Gasteiger partial charge in [0.2, 0.25) is 0 Å². The van der Waals surface area contributed by atoms with Crippen LogP contribution in [-0.4, -0.2) is 9.78 Å². The normalized spacial score (nSPS) is 21.4. The Balaban J connectivity index is 1.87. The number of nitrogens with zero attached hydrogens (tertiary/aromatic N) is 2. The van der Waals surface area contributed by atoms with Crippen LogP contribution in [0.1, 0.15) is 26.7 Å². The third-order valence-corrected chi connectivity index (χ3v) is 2.79. The molecule has 0 aromatic carbocycles. The highest BCUT2D eigenvalue weighted by Gasteiger charge is 2.35. The van der Waals surface area contributed by atoms with Crippen molar-refractivity contribution in [3.63, 3.8) is 0 Å². The number of nitrogen functional groups attached to an aromatic ring is 1. The maximum absolute atomic E-state index is 5.54. The summed E-state index contributed by atoms with van der Waals surface area (Å²) in [6.07, 6.45) is 4.58.